The molecule has 0 spiro atoms. The van der Waals surface area contributed by atoms with Crippen molar-refractivity contribution in [1.29, 1.82) is 0 Å². The van der Waals surface area contributed by atoms with Crippen molar-refractivity contribution in [2.75, 3.05) is 19.0 Å². The number of carbonyl (C=O) groups is 1. The van der Waals surface area contributed by atoms with E-state index < -0.39 is 0 Å². The second kappa shape index (κ2) is 7.75. The van der Waals surface area contributed by atoms with E-state index in [4.69, 9.17) is 0 Å². The number of amides is 1. The summed E-state index contributed by atoms with van der Waals surface area (Å²) in [5.74, 6) is 1.45. The van der Waals surface area contributed by atoms with Gasteiger partial charge in [-0.15, -0.1) is 0 Å². The maximum absolute atomic E-state index is 12.7. The number of hydrogen-bond acceptors (Lipinski definition) is 5. The highest BCUT2D eigenvalue weighted by Crippen LogP contribution is 2.25. The predicted molar refractivity (Wildman–Crippen MR) is 112 cm³/mol. The number of nitrogens with zero attached hydrogens (tertiary/aromatic N) is 4. The monoisotopic (exact) mass is 389 g/mol. The second-order valence-corrected chi connectivity index (χ2v) is 7.12. The van der Waals surface area contributed by atoms with Gasteiger partial charge < -0.3 is 20.2 Å². The number of nitrogens with one attached hydrogen (secondary N) is 3. The van der Waals surface area contributed by atoms with Crippen molar-refractivity contribution in [2.45, 2.75) is 19.4 Å². The number of anilines is 1. The number of imidazole rings is 1. The molecule has 4 aromatic rings. The molecule has 0 fully saturated rings. The van der Waals surface area contributed by atoms with Crippen molar-refractivity contribution in [2.24, 2.45) is 0 Å². The zero-order valence-electron chi connectivity index (χ0n) is 16.6. The van der Waals surface area contributed by atoms with Gasteiger partial charge >= 0.3 is 0 Å². The molecule has 1 aromatic carbocycles. The van der Waals surface area contributed by atoms with Crippen LogP contribution in [0.1, 0.15) is 33.7 Å². The van der Waals surface area contributed by atoms with Crippen LogP contribution in [0, 0.1) is 6.92 Å². The lowest BCUT2D eigenvalue weighted by atomic mass is 10.0. The average Bonchev–Trinajstić information content (AvgIpc) is 3.37. The van der Waals surface area contributed by atoms with Crippen LogP contribution in [-0.4, -0.2) is 44.9 Å². The Hall–Kier alpha value is -3.68. The maximum Gasteiger partial charge on any atom is 0.287 e. The molecule has 0 saturated carbocycles. The highest BCUT2D eigenvalue weighted by molar-refractivity contribution is 5.90. The van der Waals surface area contributed by atoms with Gasteiger partial charge in [0.2, 0.25) is 0 Å². The van der Waals surface area contributed by atoms with Gasteiger partial charge in [-0.05, 0) is 18.6 Å². The van der Waals surface area contributed by atoms with E-state index in [9.17, 15) is 4.79 Å². The van der Waals surface area contributed by atoms with Crippen molar-refractivity contribution in [3.8, 4) is 0 Å². The van der Waals surface area contributed by atoms with Gasteiger partial charge in [0.25, 0.3) is 5.91 Å². The molecule has 0 radical (unpaired) electrons. The van der Waals surface area contributed by atoms with Gasteiger partial charge in [0.05, 0.1) is 11.7 Å². The van der Waals surface area contributed by atoms with Crippen LogP contribution in [0.5, 0.6) is 0 Å². The van der Waals surface area contributed by atoms with Crippen LogP contribution < -0.4 is 10.2 Å². The van der Waals surface area contributed by atoms with Gasteiger partial charge in [0.1, 0.15) is 11.6 Å². The molecular formula is C21H23N7O. The fourth-order valence-corrected chi connectivity index (χ4v) is 3.35. The van der Waals surface area contributed by atoms with Crippen LogP contribution in [-0.2, 0) is 6.42 Å². The Balaban J connectivity index is 1.72. The molecule has 8 heteroatoms. The third kappa shape index (κ3) is 3.96. The van der Waals surface area contributed by atoms with Gasteiger partial charge in [0.15, 0.2) is 5.82 Å². The lowest BCUT2D eigenvalue weighted by molar-refractivity contribution is 0.0926. The maximum atomic E-state index is 12.7. The van der Waals surface area contributed by atoms with Gasteiger partial charge in [-0.3, -0.25) is 4.79 Å². The van der Waals surface area contributed by atoms with E-state index in [-0.39, 0.29) is 17.8 Å². The van der Waals surface area contributed by atoms with Crippen molar-refractivity contribution >= 4 is 22.6 Å². The number of hydrogen-bond donors (Lipinski definition) is 3. The number of aryl methyl sites for hydroxylation is 1. The summed E-state index contributed by atoms with van der Waals surface area (Å²) in [4.78, 5) is 33.9. The third-order valence-electron chi connectivity index (χ3n) is 4.78. The molecular weight excluding hydrogens is 366 g/mol. The lowest BCUT2D eigenvalue weighted by Crippen LogP contribution is -2.31. The topological polar surface area (TPSA) is 103 Å². The standard InChI is InChI=1S/C21H23N7O/c1-13-25-18(11-19(26-13)28(2)3)17(27-21(29)20-22-8-9-23-20)10-14-12-24-16-7-5-4-6-15(14)16/h4-9,11-12,17,24H,10H2,1-3H3,(H,22,23)(H,27,29). The number of para-hydroxylation sites is 1. The van der Waals surface area contributed by atoms with E-state index in [1.807, 2.05) is 56.4 Å². The normalized spacial score (nSPS) is 12.1. The van der Waals surface area contributed by atoms with Crippen molar-refractivity contribution in [3.63, 3.8) is 0 Å². The summed E-state index contributed by atoms with van der Waals surface area (Å²) in [5, 5.41) is 4.20. The zero-order chi connectivity index (χ0) is 20.4. The molecule has 1 amide bonds. The van der Waals surface area contributed by atoms with Gasteiger partial charge in [-0.1, -0.05) is 18.2 Å². The summed E-state index contributed by atoms with van der Waals surface area (Å²) in [6, 6.07) is 9.68. The summed E-state index contributed by atoms with van der Waals surface area (Å²) in [6.07, 6.45) is 5.75. The molecule has 8 nitrogen and oxygen atoms in total. The summed E-state index contributed by atoms with van der Waals surface area (Å²) in [5.41, 5.74) is 2.92. The Kier molecular flexibility index (Phi) is 4.99. The number of carbonyl (C=O) groups excluding carboxylic acids is 1. The van der Waals surface area contributed by atoms with Crippen LogP contribution in [0.3, 0.4) is 0 Å². The number of rotatable bonds is 6. The fourth-order valence-electron chi connectivity index (χ4n) is 3.35. The molecule has 3 heterocycles. The molecule has 3 aromatic heterocycles. The molecule has 148 valence electrons. The first-order chi connectivity index (χ1) is 14.0. The minimum absolute atomic E-state index is 0.271. The molecule has 0 aliphatic rings. The van der Waals surface area contributed by atoms with Gasteiger partial charge in [-0.2, -0.15) is 0 Å². The van der Waals surface area contributed by atoms with E-state index in [1.54, 1.807) is 12.4 Å². The molecule has 1 unspecified atom stereocenters. The molecule has 4 rings (SSSR count). The highest BCUT2D eigenvalue weighted by atomic mass is 16.2. The van der Waals surface area contributed by atoms with E-state index in [2.05, 4.69) is 36.3 Å². The molecule has 1 atom stereocenters. The summed E-state index contributed by atoms with van der Waals surface area (Å²) in [6.45, 7) is 1.85. The first kappa shape index (κ1) is 18.7. The largest absolute Gasteiger partial charge is 0.363 e. The van der Waals surface area contributed by atoms with E-state index in [0.717, 1.165) is 28.0 Å². The minimum atomic E-state index is -0.341. The highest BCUT2D eigenvalue weighted by Gasteiger charge is 2.22. The van der Waals surface area contributed by atoms with Crippen LogP contribution in [0.2, 0.25) is 0 Å². The van der Waals surface area contributed by atoms with Crippen LogP contribution in [0.25, 0.3) is 10.9 Å². The first-order valence-corrected chi connectivity index (χ1v) is 9.39. The lowest BCUT2D eigenvalue weighted by Gasteiger charge is -2.20. The Morgan fingerprint density at radius 1 is 1.21 bits per heavy atom. The summed E-state index contributed by atoms with van der Waals surface area (Å²) >= 11 is 0. The Morgan fingerprint density at radius 3 is 2.79 bits per heavy atom. The molecule has 0 bridgehead atoms. The predicted octanol–water partition coefficient (Wildman–Crippen LogP) is 2.77. The Bertz CT molecular complexity index is 1130. The number of H-pyrrole nitrogens is 2. The third-order valence-corrected chi connectivity index (χ3v) is 4.78. The van der Waals surface area contributed by atoms with Crippen molar-refractivity contribution in [1.82, 2.24) is 30.2 Å². The molecule has 0 saturated heterocycles. The smallest absolute Gasteiger partial charge is 0.287 e. The SMILES string of the molecule is Cc1nc(C(Cc2c[nH]c3ccccc23)NC(=O)c2ncc[nH]2)cc(N(C)C)n1. The fraction of sp³-hybridized carbons (Fsp3) is 0.238. The first-order valence-electron chi connectivity index (χ1n) is 9.39. The zero-order valence-corrected chi connectivity index (χ0v) is 16.6. The average molecular weight is 389 g/mol. The van der Waals surface area contributed by atoms with E-state index in [1.165, 1.54) is 0 Å². The van der Waals surface area contributed by atoms with Crippen LogP contribution >= 0.6 is 0 Å². The number of fused-ring (bicyclic) bond motifs is 1. The number of benzene rings is 1. The van der Waals surface area contributed by atoms with Crippen LogP contribution in [0.15, 0.2) is 48.9 Å². The second-order valence-electron chi connectivity index (χ2n) is 7.12. The molecule has 3 N–H and O–H groups in total. The van der Waals surface area contributed by atoms with E-state index >= 15 is 0 Å². The molecule has 0 aliphatic heterocycles. The number of aromatic amines is 2. The number of aromatic nitrogens is 5. The molecule has 0 aliphatic carbocycles. The quantitative estimate of drug-likeness (QED) is 0.471. The summed E-state index contributed by atoms with van der Waals surface area (Å²) in [7, 11) is 3.86. The van der Waals surface area contributed by atoms with Crippen molar-refractivity contribution in [3.05, 3.63) is 71.8 Å². The van der Waals surface area contributed by atoms with E-state index in [0.29, 0.717) is 12.2 Å². The van der Waals surface area contributed by atoms with Gasteiger partial charge in [0, 0.05) is 56.1 Å². The van der Waals surface area contributed by atoms with Gasteiger partial charge in [-0.25, -0.2) is 15.0 Å². The van der Waals surface area contributed by atoms with Crippen molar-refractivity contribution < 1.29 is 4.79 Å². The van der Waals surface area contributed by atoms with Crippen LogP contribution in [0.4, 0.5) is 5.82 Å². The molecule has 29 heavy (non-hydrogen) atoms. The Labute approximate surface area is 168 Å². The minimum Gasteiger partial charge on any atom is -0.363 e. The summed E-state index contributed by atoms with van der Waals surface area (Å²) < 4.78 is 0. The Morgan fingerprint density at radius 2 is 2.03 bits per heavy atom.